The molecule has 3 aromatic rings. The van der Waals surface area contributed by atoms with E-state index < -0.39 is 0 Å². The molecule has 2 aromatic heterocycles. The molecule has 3 heterocycles. The van der Waals surface area contributed by atoms with Crippen molar-refractivity contribution in [2.75, 3.05) is 44.3 Å². The van der Waals surface area contributed by atoms with Gasteiger partial charge in [-0.3, -0.25) is 19.6 Å². The molecular weight excluding hydrogens is 417 g/mol. The highest BCUT2D eigenvalue weighted by molar-refractivity contribution is 7.22. The number of thiazole rings is 1. The van der Waals surface area contributed by atoms with E-state index in [-0.39, 0.29) is 35.3 Å². The molecule has 0 unspecified atom stereocenters. The van der Waals surface area contributed by atoms with Crippen molar-refractivity contribution in [1.82, 2.24) is 19.9 Å². The molecule has 7 nitrogen and oxygen atoms in total. The molecule has 0 saturated carbocycles. The van der Waals surface area contributed by atoms with E-state index in [1.807, 2.05) is 0 Å². The fourth-order valence-electron chi connectivity index (χ4n) is 3.13. The highest BCUT2D eigenvalue weighted by atomic mass is 35.5. The van der Waals surface area contributed by atoms with E-state index in [4.69, 9.17) is 4.74 Å². The molecule has 4 rings (SSSR count). The Morgan fingerprint density at radius 2 is 2.10 bits per heavy atom. The smallest absolute Gasteiger partial charge is 0.280 e. The fraction of sp³-hybridized carbons (Fsp3) is 0.368. The van der Waals surface area contributed by atoms with Gasteiger partial charge >= 0.3 is 0 Å². The summed E-state index contributed by atoms with van der Waals surface area (Å²) >= 11 is 1.30. The number of hydrogen-bond acceptors (Lipinski definition) is 7. The summed E-state index contributed by atoms with van der Waals surface area (Å²) in [6.07, 6.45) is 5.21. The van der Waals surface area contributed by atoms with Crippen LogP contribution in [0.15, 0.2) is 36.8 Å². The molecule has 0 bridgehead atoms. The molecule has 0 aliphatic carbocycles. The minimum absolute atomic E-state index is 0. The first-order chi connectivity index (χ1) is 13.7. The zero-order chi connectivity index (χ0) is 19.3. The van der Waals surface area contributed by atoms with Crippen molar-refractivity contribution < 1.29 is 13.9 Å². The van der Waals surface area contributed by atoms with Crippen LogP contribution in [-0.4, -0.2) is 65.2 Å². The largest absolute Gasteiger partial charge is 0.379 e. The summed E-state index contributed by atoms with van der Waals surface area (Å²) in [7, 11) is 0. The van der Waals surface area contributed by atoms with Gasteiger partial charge in [-0.1, -0.05) is 17.4 Å². The van der Waals surface area contributed by atoms with Crippen LogP contribution in [0.2, 0.25) is 0 Å². The van der Waals surface area contributed by atoms with Crippen LogP contribution < -0.4 is 4.90 Å². The van der Waals surface area contributed by atoms with Gasteiger partial charge in [-0.15, -0.1) is 12.4 Å². The highest BCUT2D eigenvalue weighted by Crippen LogP contribution is 2.31. The summed E-state index contributed by atoms with van der Waals surface area (Å²) in [4.78, 5) is 29.4. The van der Waals surface area contributed by atoms with E-state index in [1.165, 1.54) is 36.0 Å². The van der Waals surface area contributed by atoms with Gasteiger partial charge < -0.3 is 4.74 Å². The number of fused-ring (bicyclic) bond motifs is 1. The molecule has 1 fully saturated rings. The molecule has 0 atom stereocenters. The molecule has 1 aromatic carbocycles. The van der Waals surface area contributed by atoms with Gasteiger partial charge in [-0.05, 0) is 18.6 Å². The van der Waals surface area contributed by atoms with Crippen LogP contribution in [0, 0.1) is 5.82 Å². The molecule has 0 radical (unpaired) electrons. The molecule has 154 valence electrons. The van der Waals surface area contributed by atoms with Crippen LogP contribution in [0.5, 0.6) is 0 Å². The van der Waals surface area contributed by atoms with Gasteiger partial charge in [0.25, 0.3) is 5.91 Å². The lowest BCUT2D eigenvalue weighted by Crippen LogP contribution is -2.39. The average molecular weight is 438 g/mol. The Balaban J connectivity index is 0.00000240. The van der Waals surface area contributed by atoms with E-state index in [9.17, 15) is 9.18 Å². The van der Waals surface area contributed by atoms with Gasteiger partial charge in [0, 0.05) is 38.6 Å². The first-order valence-electron chi connectivity index (χ1n) is 9.15. The lowest BCUT2D eigenvalue weighted by atomic mass is 10.3. The van der Waals surface area contributed by atoms with Gasteiger partial charge in [0.05, 0.1) is 24.1 Å². The number of anilines is 1. The number of rotatable bonds is 6. The standard InChI is InChI=1S/C19H20FN5O2S.ClH/c20-14-3-1-4-16-17(14)23-19(28-16)25(18(26)15-13-21-5-6-22-15)8-2-7-24-9-11-27-12-10-24;/h1,3-6,13H,2,7-12H2;1H. The van der Waals surface area contributed by atoms with E-state index in [0.717, 1.165) is 39.3 Å². The second-order valence-corrected chi connectivity index (χ2v) is 7.45. The predicted octanol–water partition coefficient (Wildman–Crippen LogP) is 3.02. The Morgan fingerprint density at radius 1 is 1.28 bits per heavy atom. The van der Waals surface area contributed by atoms with Crippen molar-refractivity contribution in [3.05, 3.63) is 48.3 Å². The van der Waals surface area contributed by atoms with Gasteiger partial charge in [-0.2, -0.15) is 0 Å². The van der Waals surface area contributed by atoms with Crippen molar-refractivity contribution in [3.8, 4) is 0 Å². The molecule has 1 amide bonds. The quantitative estimate of drug-likeness (QED) is 0.590. The summed E-state index contributed by atoms with van der Waals surface area (Å²) in [6.45, 7) is 4.58. The number of para-hydroxylation sites is 1. The van der Waals surface area contributed by atoms with Crippen LogP contribution in [-0.2, 0) is 4.74 Å². The first-order valence-corrected chi connectivity index (χ1v) is 9.97. The molecule has 1 aliphatic rings. The summed E-state index contributed by atoms with van der Waals surface area (Å²) in [5, 5.41) is 0.470. The number of amides is 1. The third kappa shape index (κ3) is 5.05. The van der Waals surface area contributed by atoms with Crippen LogP contribution in [0.1, 0.15) is 16.9 Å². The van der Waals surface area contributed by atoms with Gasteiger partial charge in [0.2, 0.25) is 0 Å². The number of halogens is 2. The minimum Gasteiger partial charge on any atom is -0.379 e. The zero-order valence-electron chi connectivity index (χ0n) is 15.7. The van der Waals surface area contributed by atoms with Crippen LogP contribution in [0.3, 0.4) is 0 Å². The van der Waals surface area contributed by atoms with Gasteiger partial charge in [-0.25, -0.2) is 14.4 Å². The number of nitrogens with zero attached hydrogens (tertiary/aromatic N) is 5. The van der Waals surface area contributed by atoms with E-state index in [0.29, 0.717) is 16.4 Å². The van der Waals surface area contributed by atoms with Gasteiger partial charge in [0.15, 0.2) is 5.13 Å². The molecule has 29 heavy (non-hydrogen) atoms. The van der Waals surface area contributed by atoms with Crippen LogP contribution >= 0.6 is 23.7 Å². The highest BCUT2D eigenvalue weighted by Gasteiger charge is 2.23. The summed E-state index contributed by atoms with van der Waals surface area (Å²) in [5.74, 6) is -0.672. The third-order valence-electron chi connectivity index (χ3n) is 4.58. The minimum atomic E-state index is -0.389. The maximum Gasteiger partial charge on any atom is 0.280 e. The Morgan fingerprint density at radius 3 is 2.83 bits per heavy atom. The summed E-state index contributed by atoms with van der Waals surface area (Å²) in [5.41, 5.74) is 0.529. The van der Waals surface area contributed by atoms with Crippen LogP contribution in [0.25, 0.3) is 10.2 Å². The summed E-state index contributed by atoms with van der Waals surface area (Å²) < 4.78 is 20.2. The number of carbonyl (C=O) groups is 1. The zero-order valence-corrected chi connectivity index (χ0v) is 17.3. The Hall–Kier alpha value is -2.20. The van der Waals surface area contributed by atoms with Crippen molar-refractivity contribution in [2.24, 2.45) is 0 Å². The molecule has 1 saturated heterocycles. The second-order valence-electron chi connectivity index (χ2n) is 6.44. The first kappa shape index (κ1) is 21.5. The van der Waals surface area contributed by atoms with E-state index in [2.05, 4.69) is 19.9 Å². The maximum atomic E-state index is 14.1. The van der Waals surface area contributed by atoms with E-state index in [1.54, 1.807) is 17.0 Å². The lowest BCUT2D eigenvalue weighted by molar-refractivity contribution is 0.0376. The number of aromatic nitrogens is 3. The number of morpholine rings is 1. The maximum absolute atomic E-state index is 14.1. The number of ether oxygens (including phenoxy) is 1. The predicted molar refractivity (Wildman–Crippen MR) is 112 cm³/mol. The Kier molecular flexibility index (Phi) is 7.43. The normalized spacial score (nSPS) is 14.5. The van der Waals surface area contributed by atoms with Crippen LogP contribution in [0.4, 0.5) is 9.52 Å². The van der Waals surface area contributed by atoms with E-state index >= 15 is 0 Å². The third-order valence-corrected chi connectivity index (χ3v) is 5.62. The van der Waals surface area contributed by atoms with Crippen molar-refractivity contribution >= 4 is 45.0 Å². The monoisotopic (exact) mass is 437 g/mol. The van der Waals surface area contributed by atoms with Crippen molar-refractivity contribution in [1.29, 1.82) is 0 Å². The molecule has 10 heteroatoms. The molecule has 1 aliphatic heterocycles. The lowest BCUT2D eigenvalue weighted by Gasteiger charge is -2.27. The Bertz CT molecular complexity index is 952. The number of carbonyl (C=O) groups excluding carboxylic acids is 1. The SMILES string of the molecule is Cl.O=C(c1cnccn1)N(CCCN1CCOCC1)c1nc2c(F)cccc2s1. The molecule has 0 N–H and O–H groups in total. The van der Waals surface area contributed by atoms with Crippen molar-refractivity contribution in [2.45, 2.75) is 6.42 Å². The second kappa shape index (κ2) is 10.0. The summed E-state index contributed by atoms with van der Waals surface area (Å²) in [6, 6.07) is 4.82. The van der Waals surface area contributed by atoms with Crippen molar-refractivity contribution in [3.63, 3.8) is 0 Å². The van der Waals surface area contributed by atoms with Gasteiger partial charge in [0.1, 0.15) is 17.0 Å². The number of hydrogen-bond donors (Lipinski definition) is 0. The fourth-order valence-corrected chi connectivity index (χ4v) is 4.13. The topological polar surface area (TPSA) is 71.5 Å². The molecule has 0 spiro atoms. The average Bonchev–Trinajstić information content (AvgIpc) is 3.17. The Labute approximate surface area is 177 Å². The number of benzene rings is 1. The molecular formula is C19H21ClFN5O2S.